The van der Waals surface area contributed by atoms with Gasteiger partial charge >= 0.3 is 5.97 Å². The van der Waals surface area contributed by atoms with Crippen molar-refractivity contribution < 1.29 is 14.3 Å². The lowest BCUT2D eigenvalue weighted by Gasteiger charge is -2.03. The molecule has 1 heterocycles. The zero-order valence-electron chi connectivity index (χ0n) is 11.4. The first kappa shape index (κ1) is 14.3. The molecule has 1 aromatic heterocycles. The second kappa shape index (κ2) is 6.86. The predicted molar refractivity (Wildman–Crippen MR) is 74.8 cm³/mol. The van der Waals surface area contributed by atoms with Crippen LogP contribution < -0.4 is 5.32 Å². The van der Waals surface area contributed by atoms with E-state index in [1.165, 1.54) is 24.2 Å². The molecular formula is C13H20N2O3S. The standard InChI is InChI=1S/C13H20N2O3S/c1-3-18-12(16)11-9(2)19-13(15-11)14-6-7-17-8-10-4-5-10/h10H,3-8H2,1-2H3,(H,14,15). The molecule has 0 radical (unpaired) electrons. The van der Waals surface area contributed by atoms with Crippen molar-refractivity contribution >= 4 is 22.4 Å². The maximum absolute atomic E-state index is 11.6. The van der Waals surface area contributed by atoms with Crippen molar-refractivity contribution in [1.82, 2.24) is 4.98 Å². The molecule has 6 heteroatoms. The molecule has 1 N–H and O–H groups in total. The number of hydrogen-bond acceptors (Lipinski definition) is 6. The normalized spacial score (nSPS) is 14.4. The Balaban J connectivity index is 1.73. The molecular weight excluding hydrogens is 264 g/mol. The van der Waals surface area contributed by atoms with Gasteiger partial charge in [0, 0.05) is 18.0 Å². The highest BCUT2D eigenvalue weighted by Crippen LogP contribution is 2.28. The minimum atomic E-state index is -0.353. The minimum absolute atomic E-state index is 0.353. The van der Waals surface area contributed by atoms with E-state index in [1.54, 1.807) is 6.92 Å². The number of thiazole rings is 1. The second-order valence-corrected chi connectivity index (χ2v) is 5.79. The highest BCUT2D eigenvalue weighted by atomic mass is 32.1. The van der Waals surface area contributed by atoms with E-state index in [4.69, 9.17) is 9.47 Å². The maximum Gasteiger partial charge on any atom is 0.358 e. The van der Waals surface area contributed by atoms with Gasteiger partial charge < -0.3 is 14.8 Å². The molecule has 1 fully saturated rings. The molecule has 19 heavy (non-hydrogen) atoms. The maximum atomic E-state index is 11.6. The Morgan fingerprint density at radius 2 is 2.32 bits per heavy atom. The molecule has 2 rings (SSSR count). The summed E-state index contributed by atoms with van der Waals surface area (Å²) in [7, 11) is 0. The molecule has 0 aliphatic heterocycles. The Kier molecular flexibility index (Phi) is 5.15. The zero-order chi connectivity index (χ0) is 13.7. The lowest BCUT2D eigenvalue weighted by Crippen LogP contribution is -2.11. The number of hydrogen-bond donors (Lipinski definition) is 1. The van der Waals surface area contributed by atoms with Gasteiger partial charge in [-0.15, -0.1) is 11.3 Å². The van der Waals surface area contributed by atoms with Crippen LogP contribution in [-0.2, 0) is 9.47 Å². The van der Waals surface area contributed by atoms with Crippen LogP contribution in [0, 0.1) is 12.8 Å². The van der Waals surface area contributed by atoms with Gasteiger partial charge in [0.1, 0.15) is 0 Å². The predicted octanol–water partition coefficient (Wildman–Crippen LogP) is 2.47. The second-order valence-electron chi connectivity index (χ2n) is 4.59. The molecule has 0 atom stereocenters. The summed E-state index contributed by atoms with van der Waals surface area (Å²) in [5, 5.41) is 3.92. The first-order valence-electron chi connectivity index (χ1n) is 6.67. The van der Waals surface area contributed by atoms with E-state index in [0.29, 0.717) is 25.5 Å². The van der Waals surface area contributed by atoms with Gasteiger partial charge in [-0.25, -0.2) is 9.78 Å². The average Bonchev–Trinajstić information content (AvgIpc) is 3.12. The van der Waals surface area contributed by atoms with Gasteiger partial charge in [0.05, 0.1) is 13.2 Å². The van der Waals surface area contributed by atoms with E-state index in [0.717, 1.165) is 22.5 Å². The summed E-state index contributed by atoms with van der Waals surface area (Å²) in [5.74, 6) is 0.437. The van der Waals surface area contributed by atoms with Gasteiger partial charge in [0.15, 0.2) is 10.8 Å². The van der Waals surface area contributed by atoms with Crippen LogP contribution in [0.3, 0.4) is 0 Å². The Hall–Kier alpha value is -1.14. The molecule has 0 spiro atoms. The fourth-order valence-electron chi connectivity index (χ4n) is 1.63. The number of anilines is 1. The van der Waals surface area contributed by atoms with E-state index >= 15 is 0 Å². The number of aryl methyl sites for hydroxylation is 1. The number of carbonyl (C=O) groups is 1. The van der Waals surface area contributed by atoms with Crippen LogP contribution in [0.4, 0.5) is 5.13 Å². The van der Waals surface area contributed by atoms with Crippen LogP contribution in [0.1, 0.15) is 35.1 Å². The monoisotopic (exact) mass is 284 g/mol. The molecule has 0 bridgehead atoms. The Labute approximate surface area is 117 Å². The number of nitrogens with zero attached hydrogens (tertiary/aromatic N) is 1. The van der Waals surface area contributed by atoms with Crippen LogP contribution in [0.5, 0.6) is 0 Å². The number of nitrogens with one attached hydrogen (secondary N) is 1. The van der Waals surface area contributed by atoms with Crippen LogP contribution >= 0.6 is 11.3 Å². The third kappa shape index (κ3) is 4.47. The van der Waals surface area contributed by atoms with Crippen LogP contribution in [0.15, 0.2) is 0 Å². The van der Waals surface area contributed by atoms with Crippen molar-refractivity contribution in [3.05, 3.63) is 10.6 Å². The van der Waals surface area contributed by atoms with E-state index in [-0.39, 0.29) is 5.97 Å². The zero-order valence-corrected chi connectivity index (χ0v) is 12.2. The SMILES string of the molecule is CCOC(=O)c1nc(NCCOCC2CC2)sc1C. The van der Waals surface area contributed by atoms with Crippen LogP contribution in [0.2, 0.25) is 0 Å². The van der Waals surface area contributed by atoms with Crippen LogP contribution in [0.25, 0.3) is 0 Å². The lowest BCUT2D eigenvalue weighted by molar-refractivity contribution is 0.0519. The number of ether oxygens (including phenoxy) is 2. The van der Waals surface area contributed by atoms with Crippen molar-refractivity contribution in [2.45, 2.75) is 26.7 Å². The summed E-state index contributed by atoms with van der Waals surface area (Å²) in [4.78, 5) is 16.7. The largest absolute Gasteiger partial charge is 0.461 e. The number of esters is 1. The molecule has 0 amide bonds. The molecule has 0 aromatic carbocycles. The Morgan fingerprint density at radius 1 is 1.53 bits per heavy atom. The molecule has 1 aromatic rings. The molecule has 1 aliphatic carbocycles. The van der Waals surface area contributed by atoms with Crippen molar-refractivity contribution in [3.63, 3.8) is 0 Å². The fraction of sp³-hybridized carbons (Fsp3) is 0.692. The van der Waals surface area contributed by atoms with Gasteiger partial charge in [-0.05, 0) is 32.6 Å². The highest BCUT2D eigenvalue weighted by molar-refractivity contribution is 7.15. The number of rotatable bonds is 8. The van der Waals surface area contributed by atoms with E-state index in [1.807, 2.05) is 6.92 Å². The quantitative estimate of drug-likeness (QED) is 0.587. The summed E-state index contributed by atoms with van der Waals surface area (Å²) >= 11 is 1.47. The fourth-order valence-corrected chi connectivity index (χ4v) is 2.45. The number of aromatic nitrogens is 1. The van der Waals surface area contributed by atoms with E-state index in [9.17, 15) is 4.79 Å². The summed E-state index contributed by atoms with van der Waals surface area (Å²) in [6.45, 7) is 6.28. The topological polar surface area (TPSA) is 60.5 Å². The van der Waals surface area contributed by atoms with E-state index in [2.05, 4.69) is 10.3 Å². The first-order valence-corrected chi connectivity index (χ1v) is 7.48. The molecule has 106 valence electrons. The van der Waals surface area contributed by atoms with Crippen molar-refractivity contribution in [3.8, 4) is 0 Å². The molecule has 5 nitrogen and oxygen atoms in total. The number of carbonyl (C=O) groups excluding carboxylic acids is 1. The molecule has 1 saturated carbocycles. The van der Waals surface area contributed by atoms with Gasteiger partial charge in [0.2, 0.25) is 0 Å². The van der Waals surface area contributed by atoms with Crippen molar-refractivity contribution in [1.29, 1.82) is 0 Å². The Bertz CT molecular complexity index is 430. The molecule has 1 aliphatic rings. The van der Waals surface area contributed by atoms with Gasteiger partial charge in [-0.3, -0.25) is 0 Å². The third-order valence-corrected chi connectivity index (χ3v) is 3.77. The smallest absolute Gasteiger partial charge is 0.358 e. The molecule has 0 saturated heterocycles. The summed E-state index contributed by atoms with van der Waals surface area (Å²) in [6.07, 6.45) is 2.62. The summed E-state index contributed by atoms with van der Waals surface area (Å²) in [5.41, 5.74) is 0.410. The first-order chi connectivity index (χ1) is 9.20. The Morgan fingerprint density at radius 3 is 3.00 bits per heavy atom. The minimum Gasteiger partial charge on any atom is -0.461 e. The van der Waals surface area contributed by atoms with Gasteiger partial charge in [-0.1, -0.05) is 0 Å². The van der Waals surface area contributed by atoms with E-state index < -0.39 is 0 Å². The third-order valence-electron chi connectivity index (χ3n) is 2.84. The summed E-state index contributed by atoms with van der Waals surface area (Å²) < 4.78 is 10.5. The average molecular weight is 284 g/mol. The van der Waals surface area contributed by atoms with Crippen molar-refractivity contribution in [2.75, 3.05) is 31.7 Å². The summed E-state index contributed by atoms with van der Waals surface area (Å²) in [6, 6.07) is 0. The van der Waals surface area contributed by atoms with Gasteiger partial charge in [0.25, 0.3) is 0 Å². The van der Waals surface area contributed by atoms with Gasteiger partial charge in [-0.2, -0.15) is 0 Å². The molecule has 0 unspecified atom stereocenters. The van der Waals surface area contributed by atoms with Crippen molar-refractivity contribution in [2.24, 2.45) is 5.92 Å². The van der Waals surface area contributed by atoms with Crippen LogP contribution in [-0.4, -0.2) is 37.3 Å². The highest BCUT2D eigenvalue weighted by Gasteiger charge is 2.21. The lowest BCUT2D eigenvalue weighted by atomic mass is 10.4.